The summed E-state index contributed by atoms with van der Waals surface area (Å²) in [4.78, 5) is 2.65. The molecule has 66 heavy (non-hydrogen) atoms. The molecule has 324 valence electrons. The van der Waals surface area contributed by atoms with E-state index in [4.69, 9.17) is 4.42 Å². The molecule has 13 rings (SSSR count). The van der Waals surface area contributed by atoms with E-state index in [2.05, 4.69) is 220 Å². The lowest BCUT2D eigenvalue weighted by Crippen LogP contribution is -2.56. The standard InChI is InChI=1S/C62H57BN2O/c1-59(2,3)36-19-22-40(23-20-36)64-57-43-25-18-35-30-38(61(7,8)9)29-34-17-24-42(52(43)51(34)35)53-46-33-39(62(10,11)12)32-45-44-31-37(60(4,5)6)21-27-48(44)65(56(45)46)63(55(53)57)47-26-28-50-54(58(47)64)41-15-13-14-16-49(41)66-50/h13-33H,1-12H3. The van der Waals surface area contributed by atoms with E-state index < -0.39 is 0 Å². The van der Waals surface area contributed by atoms with Gasteiger partial charge in [0.25, 0.3) is 0 Å². The molecule has 0 amide bonds. The summed E-state index contributed by atoms with van der Waals surface area (Å²) in [7, 11) is 0. The van der Waals surface area contributed by atoms with Crippen molar-refractivity contribution in [2.24, 2.45) is 0 Å². The highest BCUT2D eigenvalue weighted by Gasteiger charge is 2.46. The lowest BCUT2D eigenvalue weighted by molar-refractivity contribution is 0.590. The smallest absolute Gasteiger partial charge is 0.333 e. The molecule has 0 spiro atoms. The molecule has 0 saturated heterocycles. The van der Waals surface area contributed by atoms with E-state index in [0.29, 0.717) is 0 Å². The summed E-state index contributed by atoms with van der Waals surface area (Å²) < 4.78 is 9.55. The summed E-state index contributed by atoms with van der Waals surface area (Å²) >= 11 is 0. The third kappa shape index (κ3) is 5.27. The number of hydrogen-bond acceptors (Lipinski definition) is 2. The van der Waals surface area contributed by atoms with Gasteiger partial charge in [-0.2, -0.15) is 0 Å². The molecule has 9 aromatic carbocycles. The fourth-order valence-corrected chi connectivity index (χ4v) is 11.9. The highest BCUT2D eigenvalue weighted by atomic mass is 16.3. The fourth-order valence-electron chi connectivity index (χ4n) is 11.9. The molecule has 0 unspecified atom stereocenters. The third-order valence-corrected chi connectivity index (χ3v) is 15.5. The molecule has 2 aliphatic heterocycles. The molecular weight excluding hydrogens is 800 g/mol. The first-order valence-electron chi connectivity index (χ1n) is 24.0. The summed E-state index contributed by atoms with van der Waals surface area (Å²) in [6.07, 6.45) is 0. The maximum Gasteiger partial charge on any atom is 0.333 e. The molecule has 0 radical (unpaired) electrons. The highest BCUT2D eigenvalue weighted by molar-refractivity contribution is 6.91. The molecule has 0 saturated carbocycles. The Kier molecular flexibility index (Phi) is 7.65. The SMILES string of the molecule is CC(C)(C)c1ccc(N2c3c4c(c5ccc6cc(C(C)(C)C)cc7ccc3c5c67)-c3cc(C(C)(C)C)cc5c6cc(C(C)(C)C)ccc6n(c35)B4c3ccc4oc5ccccc5c4c32)cc1. The van der Waals surface area contributed by atoms with E-state index in [1.54, 1.807) is 0 Å². The Morgan fingerprint density at radius 2 is 1.06 bits per heavy atom. The van der Waals surface area contributed by atoms with Crippen LogP contribution in [-0.4, -0.2) is 11.3 Å². The molecule has 0 atom stereocenters. The Labute approximate surface area is 388 Å². The Hall–Kier alpha value is -6.52. The lowest BCUT2D eigenvalue weighted by atomic mass is 9.44. The van der Waals surface area contributed by atoms with Gasteiger partial charge in [-0.1, -0.05) is 162 Å². The van der Waals surface area contributed by atoms with Gasteiger partial charge in [0, 0.05) is 49.2 Å². The fraction of sp³-hybridized carbons (Fsp3) is 0.258. The molecule has 11 aromatic rings. The Bertz CT molecular complexity index is 3890. The maximum atomic E-state index is 6.81. The molecule has 2 aromatic heterocycles. The van der Waals surface area contributed by atoms with Crippen LogP contribution in [0.1, 0.15) is 105 Å². The first-order valence-corrected chi connectivity index (χ1v) is 24.0. The monoisotopic (exact) mass is 856 g/mol. The van der Waals surface area contributed by atoms with Gasteiger partial charge in [-0.3, -0.25) is 0 Å². The molecule has 0 fully saturated rings. The number of nitrogens with zero attached hydrogens (tertiary/aromatic N) is 2. The van der Waals surface area contributed by atoms with Crippen LogP contribution in [0.25, 0.3) is 87.2 Å². The van der Waals surface area contributed by atoms with Crippen molar-refractivity contribution in [1.29, 1.82) is 0 Å². The summed E-state index contributed by atoms with van der Waals surface area (Å²) in [6.45, 7) is 27.9. The van der Waals surface area contributed by atoms with Crippen LogP contribution in [-0.2, 0) is 21.7 Å². The summed E-state index contributed by atoms with van der Waals surface area (Å²) in [5.74, 6) is 0. The van der Waals surface area contributed by atoms with Crippen LogP contribution in [0.5, 0.6) is 0 Å². The average molecular weight is 857 g/mol. The quantitative estimate of drug-likeness (QED) is 0.121. The number of hydrogen-bond donors (Lipinski definition) is 0. The van der Waals surface area contributed by atoms with Crippen LogP contribution in [0.3, 0.4) is 0 Å². The number of furan rings is 1. The van der Waals surface area contributed by atoms with E-state index in [0.717, 1.165) is 27.6 Å². The van der Waals surface area contributed by atoms with Crippen molar-refractivity contribution < 1.29 is 4.42 Å². The average Bonchev–Trinajstić information content (AvgIpc) is 3.81. The van der Waals surface area contributed by atoms with Crippen LogP contribution in [0.15, 0.2) is 132 Å². The first kappa shape index (κ1) is 39.8. The van der Waals surface area contributed by atoms with Crippen LogP contribution in [0.2, 0.25) is 0 Å². The normalized spacial score (nSPS) is 14.3. The van der Waals surface area contributed by atoms with Gasteiger partial charge in [-0.15, -0.1) is 0 Å². The third-order valence-electron chi connectivity index (χ3n) is 15.5. The van der Waals surface area contributed by atoms with Crippen LogP contribution >= 0.6 is 0 Å². The number of benzene rings is 9. The van der Waals surface area contributed by atoms with Crippen LogP contribution < -0.4 is 15.8 Å². The van der Waals surface area contributed by atoms with Crippen LogP contribution in [0, 0.1) is 0 Å². The van der Waals surface area contributed by atoms with Crippen molar-refractivity contribution in [2.45, 2.75) is 105 Å². The molecule has 0 N–H and O–H groups in total. The second-order valence-corrected chi connectivity index (χ2v) is 23.8. The minimum absolute atomic E-state index is 0.00384. The summed E-state index contributed by atoms with van der Waals surface area (Å²) in [5, 5.41) is 12.9. The second kappa shape index (κ2) is 12.7. The molecular formula is C62H57BN2O. The predicted octanol–water partition coefficient (Wildman–Crippen LogP) is 16.2. The Morgan fingerprint density at radius 3 is 1.74 bits per heavy atom. The van der Waals surface area contributed by atoms with Gasteiger partial charge in [-0.25, -0.2) is 0 Å². The van der Waals surface area contributed by atoms with Crippen molar-refractivity contribution in [1.82, 2.24) is 4.48 Å². The van der Waals surface area contributed by atoms with Gasteiger partial charge in [0.15, 0.2) is 0 Å². The van der Waals surface area contributed by atoms with Gasteiger partial charge in [0.2, 0.25) is 0 Å². The predicted molar refractivity (Wildman–Crippen MR) is 286 cm³/mol. The number of anilines is 3. The van der Waals surface area contributed by atoms with Crippen molar-refractivity contribution in [3.63, 3.8) is 0 Å². The van der Waals surface area contributed by atoms with Gasteiger partial charge in [-0.05, 0) is 130 Å². The lowest BCUT2D eigenvalue weighted by Gasteiger charge is -2.42. The zero-order chi connectivity index (χ0) is 45.7. The summed E-state index contributed by atoms with van der Waals surface area (Å²) in [6, 6.07) is 49.8. The number of fused-ring (bicyclic) bond motifs is 13. The zero-order valence-corrected chi connectivity index (χ0v) is 40.5. The zero-order valence-electron chi connectivity index (χ0n) is 40.5. The van der Waals surface area contributed by atoms with Gasteiger partial charge in [0.05, 0.1) is 16.8 Å². The first-order chi connectivity index (χ1) is 31.3. The van der Waals surface area contributed by atoms with Crippen LogP contribution in [0.4, 0.5) is 17.1 Å². The van der Waals surface area contributed by atoms with E-state index in [1.165, 1.54) is 110 Å². The molecule has 0 aliphatic carbocycles. The minimum Gasteiger partial charge on any atom is -0.456 e. The molecule has 4 heteroatoms. The molecule has 0 bridgehead atoms. The van der Waals surface area contributed by atoms with Crippen molar-refractivity contribution in [3.8, 4) is 11.1 Å². The second-order valence-electron chi connectivity index (χ2n) is 23.8. The summed E-state index contributed by atoms with van der Waals surface area (Å²) in [5.41, 5.74) is 18.7. The largest absolute Gasteiger partial charge is 0.456 e. The minimum atomic E-state index is -0.115. The Morgan fingerprint density at radius 1 is 0.439 bits per heavy atom. The number of aromatic nitrogens is 1. The van der Waals surface area contributed by atoms with E-state index in [9.17, 15) is 0 Å². The van der Waals surface area contributed by atoms with Crippen molar-refractivity contribution in [3.05, 3.63) is 150 Å². The number of rotatable bonds is 1. The van der Waals surface area contributed by atoms with E-state index in [1.807, 2.05) is 0 Å². The van der Waals surface area contributed by atoms with Gasteiger partial charge < -0.3 is 13.8 Å². The Balaban J connectivity index is 1.30. The highest BCUT2D eigenvalue weighted by Crippen LogP contribution is 2.54. The molecule has 2 aliphatic rings. The molecule has 4 heterocycles. The molecule has 3 nitrogen and oxygen atoms in total. The topological polar surface area (TPSA) is 21.3 Å². The van der Waals surface area contributed by atoms with Gasteiger partial charge >= 0.3 is 6.85 Å². The van der Waals surface area contributed by atoms with E-state index >= 15 is 0 Å². The van der Waals surface area contributed by atoms with Gasteiger partial charge in [0.1, 0.15) is 11.2 Å². The maximum absolute atomic E-state index is 6.81. The van der Waals surface area contributed by atoms with Crippen molar-refractivity contribution in [2.75, 3.05) is 4.90 Å². The van der Waals surface area contributed by atoms with E-state index in [-0.39, 0.29) is 28.5 Å². The van der Waals surface area contributed by atoms with Crippen molar-refractivity contribution >= 4 is 111 Å². The number of para-hydroxylation sites is 1.